The van der Waals surface area contributed by atoms with Crippen molar-refractivity contribution in [1.29, 1.82) is 0 Å². The zero-order valence-electron chi connectivity index (χ0n) is 13.7. The lowest BCUT2D eigenvalue weighted by molar-refractivity contribution is 0.0971. The predicted octanol–water partition coefficient (Wildman–Crippen LogP) is 3.25. The number of halogens is 1. The molecule has 1 aromatic heterocycles. The maximum Gasteiger partial charge on any atom is 0.272 e. The maximum atomic E-state index is 13.4. The minimum absolute atomic E-state index is 0.0450. The molecule has 1 amide bonds. The summed E-state index contributed by atoms with van der Waals surface area (Å²) in [6.07, 6.45) is 7.16. The summed E-state index contributed by atoms with van der Waals surface area (Å²) in [5, 5.41) is 2.69. The first-order valence-electron chi connectivity index (χ1n) is 7.93. The lowest BCUT2D eigenvalue weighted by Gasteiger charge is -2.11. The summed E-state index contributed by atoms with van der Waals surface area (Å²) in [6, 6.07) is 3.78. The van der Waals surface area contributed by atoms with Gasteiger partial charge in [-0.3, -0.25) is 9.59 Å². The lowest BCUT2D eigenvalue weighted by Crippen LogP contribution is -2.15. The first-order valence-corrected chi connectivity index (χ1v) is 7.93. The van der Waals surface area contributed by atoms with Crippen LogP contribution >= 0.6 is 0 Å². The summed E-state index contributed by atoms with van der Waals surface area (Å²) in [5.74, 6) is 1.58. The fourth-order valence-corrected chi connectivity index (χ4v) is 3.02. The van der Waals surface area contributed by atoms with Gasteiger partial charge < -0.3 is 15.0 Å². The highest BCUT2D eigenvalue weighted by Gasteiger charge is 2.26. The number of fused-ring (bicyclic) bond motifs is 1. The topological polar surface area (TPSA) is 71.2 Å². The summed E-state index contributed by atoms with van der Waals surface area (Å²) < 4.78 is 18.7. The number of amides is 1. The second kappa shape index (κ2) is 6.81. The van der Waals surface area contributed by atoms with Crippen LogP contribution in [0.4, 0.5) is 10.1 Å². The van der Waals surface area contributed by atoms with Crippen LogP contribution in [0.15, 0.2) is 18.2 Å². The molecule has 5 nitrogen and oxygen atoms in total. The number of carbonyl (C=O) groups is 2. The Labute approximate surface area is 144 Å². The SMILES string of the molecule is C#CCOc1cc(F)ccc1NC(=O)c1[nH]c2c(c1C)C(=O)CCC2. The van der Waals surface area contributed by atoms with E-state index in [2.05, 4.69) is 16.2 Å². The smallest absolute Gasteiger partial charge is 0.272 e. The normalized spacial score (nSPS) is 13.1. The molecular weight excluding hydrogens is 323 g/mol. The maximum absolute atomic E-state index is 13.4. The van der Waals surface area contributed by atoms with E-state index in [-0.39, 0.29) is 18.1 Å². The molecule has 0 unspecified atom stereocenters. The molecule has 25 heavy (non-hydrogen) atoms. The molecule has 1 aliphatic rings. The Bertz CT molecular complexity index is 893. The van der Waals surface area contributed by atoms with E-state index >= 15 is 0 Å². The van der Waals surface area contributed by atoms with Gasteiger partial charge in [0.1, 0.15) is 23.9 Å². The molecule has 0 spiro atoms. The van der Waals surface area contributed by atoms with Crippen LogP contribution in [-0.4, -0.2) is 23.3 Å². The Morgan fingerprint density at radius 1 is 1.44 bits per heavy atom. The van der Waals surface area contributed by atoms with Gasteiger partial charge in [0, 0.05) is 23.7 Å². The Morgan fingerprint density at radius 3 is 2.96 bits per heavy atom. The average molecular weight is 340 g/mol. The van der Waals surface area contributed by atoms with Crippen LogP contribution in [0.5, 0.6) is 5.75 Å². The molecule has 0 atom stereocenters. The molecule has 3 rings (SSSR count). The second-order valence-corrected chi connectivity index (χ2v) is 5.84. The predicted molar refractivity (Wildman–Crippen MR) is 91.5 cm³/mol. The van der Waals surface area contributed by atoms with Crippen LogP contribution in [0.25, 0.3) is 0 Å². The number of carbonyl (C=O) groups excluding carboxylic acids is 2. The molecule has 0 radical (unpaired) electrons. The van der Waals surface area contributed by atoms with Crippen LogP contribution in [0.3, 0.4) is 0 Å². The van der Waals surface area contributed by atoms with E-state index in [1.54, 1.807) is 6.92 Å². The number of ether oxygens (including phenoxy) is 1. The minimum atomic E-state index is -0.498. The number of anilines is 1. The quantitative estimate of drug-likeness (QED) is 0.840. The third kappa shape index (κ3) is 3.26. The van der Waals surface area contributed by atoms with Crippen molar-refractivity contribution in [2.75, 3.05) is 11.9 Å². The van der Waals surface area contributed by atoms with Gasteiger partial charge in [-0.25, -0.2) is 4.39 Å². The third-order valence-corrected chi connectivity index (χ3v) is 4.17. The first kappa shape index (κ1) is 16.8. The van der Waals surface area contributed by atoms with E-state index < -0.39 is 11.7 Å². The van der Waals surface area contributed by atoms with Crippen molar-refractivity contribution >= 4 is 17.4 Å². The van der Waals surface area contributed by atoms with Crippen molar-refractivity contribution in [2.24, 2.45) is 0 Å². The number of rotatable bonds is 4. The highest BCUT2D eigenvalue weighted by Crippen LogP contribution is 2.29. The number of terminal acetylenes is 1. The number of aromatic amines is 1. The number of hydrogen-bond donors (Lipinski definition) is 2. The van der Waals surface area contributed by atoms with Crippen LogP contribution in [0.1, 0.15) is 44.9 Å². The Morgan fingerprint density at radius 2 is 2.24 bits per heavy atom. The molecule has 2 aromatic rings. The van der Waals surface area contributed by atoms with Gasteiger partial charge in [0.05, 0.1) is 5.69 Å². The van der Waals surface area contributed by atoms with Gasteiger partial charge in [-0.2, -0.15) is 0 Å². The monoisotopic (exact) mass is 340 g/mol. The van der Waals surface area contributed by atoms with Crippen molar-refractivity contribution in [2.45, 2.75) is 26.2 Å². The molecule has 0 saturated heterocycles. The zero-order chi connectivity index (χ0) is 18.0. The summed E-state index contributed by atoms with van der Waals surface area (Å²) in [4.78, 5) is 27.8. The Hall–Kier alpha value is -3.07. The first-order chi connectivity index (χ1) is 12.0. The summed E-state index contributed by atoms with van der Waals surface area (Å²) in [5.41, 5.74) is 2.67. The number of aromatic nitrogens is 1. The van der Waals surface area contributed by atoms with Gasteiger partial charge in [-0.05, 0) is 37.5 Å². The molecule has 1 aromatic carbocycles. The van der Waals surface area contributed by atoms with Crippen molar-refractivity contribution in [1.82, 2.24) is 4.98 Å². The molecule has 1 aliphatic carbocycles. The number of Topliss-reactive ketones (excluding diaryl/α,β-unsaturated/α-hetero) is 1. The molecule has 2 N–H and O–H groups in total. The van der Waals surface area contributed by atoms with E-state index in [0.717, 1.165) is 24.6 Å². The molecule has 6 heteroatoms. The standard InChI is InChI=1S/C19H17FN2O3/c1-3-9-25-16-10-12(20)7-8-13(16)22-19(24)18-11(2)17-14(21-18)5-4-6-15(17)23/h1,7-8,10,21H,4-6,9H2,2H3,(H,22,24). The van der Waals surface area contributed by atoms with Crippen LogP contribution in [0.2, 0.25) is 0 Å². The molecule has 0 saturated carbocycles. The van der Waals surface area contributed by atoms with Gasteiger partial charge in [-0.1, -0.05) is 5.92 Å². The van der Waals surface area contributed by atoms with E-state index in [9.17, 15) is 14.0 Å². The number of H-pyrrole nitrogens is 1. The number of aryl methyl sites for hydroxylation is 1. The van der Waals surface area contributed by atoms with Crippen LogP contribution in [-0.2, 0) is 6.42 Å². The highest BCUT2D eigenvalue weighted by atomic mass is 19.1. The fourth-order valence-electron chi connectivity index (χ4n) is 3.02. The third-order valence-electron chi connectivity index (χ3n) is 4.17. The van der Waals surface area contributed by atoms with E-state index in [0.29, 0.717) is 28.9 Å². The lowest BCUT2D eigenvalue weighted by atomic mass is 9.94. The van der Waals surface area contributed by atoms with Gasteiger partial charge in [-0.15, -0.1) is 6.42 Å². The van der Waals surface area contributed by atoms with E-state index in [1.807, 2.05) is 0 Å². The molecule has 0 fully saturated rings. The van der Waals surface area contributed by atoms with Gasteiger partial charge in [0.25, 0.3) is 5.91 Å². The number of ketones is 1. The number of nitrogens with one attached hydrogen (secondary N) is 2. The second-order valence-electron chi connectivity index (χ2n) is 5.84. The van der Waals surface area contributed by atoms with E-state index in [4.69, 9.17) is 11.2 Å². The van der Waals surface area contributed by atoms with Crippen molar-refractivity contribution in [3.05, 3.63) is 46.5 Å². The van der Waals surface area contributed by atoms with Gasteiger partial charge >= 0.3 is 0 Å². The highest BCUT2D eigenvalue weighted by molar-refractivity contribution is 6.08. The molecule has 0 aliphatic heterocycles. The molecule has 1 heterocycles. The van der Waals surface area contributed by atoms with Gasteiger partial charge in [0.2, 0.25) is 0 Å². The summed E-state index contributed by atoms with van der Waals surface area (Å²) >= 11 is 0. The average Bonchev–Trinajstić information content (AvgIpc) is 2.93. The molecule has 128 valence electrons. The molecular formula is C19H17FN2O3. The summed E-state index contributed by atoms with van der Waals surface area (Å²) in [6.45, 7) is 1.70. The largest absolute Gasteiger partial charge is 0.479 e. The van der Waals surface area contributed by atoms with Crippen LogP contribution in [0, 0.1) is 25.1 Å². The van der Waals surface area contributed by atoms with E-state index in [1.165, 1.54) is 12.1 Å². The fraction of sp³-hybridized carbons (Fsp3) is 0.263. The van der Waals surface area contributed by atoms with Crippen molar-refractivity contribution in [3.8, 4) is 18.1 Å². The minimum Gasteiger partial charge on any atom is -0.479 e. The molecule has 0 bridgehead atoms. The van der Waals surface area contributed by atoms with Crippen molar-refractivity contribution < 1.29 is 18.7 Å². The number of hydrogen-bond acceptors (Lipinski definition) is 3. The zero-order valence-corrected chi connectivity index (χ0v) is 13.7. The van der Waals surface area contributed by atoms with Crippen molar-refractivity contribution in [3.63, 3.8) is 0 Å². The van der Waals surface area contributed by atoms with Gasteiger partial charge in [0.15, 0.2) is 5.78 Å². The number of benzene rings is 1. The van der Waals surface area contributed by atoms with Crippen LogP contribution < -0.4 is 10.1 Å². The Kier molecular flexibility index (Phi) is 4.57. The summed E-state index contributed by atoms with van der Waals surface area (Å²) in [7, 11) is 0. The Balaban J connectivity index is 1.89.